The lowest BCUT2D eigenvalue weighted by Crippen LogP contribution is -2.35. The molecule has 0 atom stereocenters. The summed E-state index contributed by atoms with van der Waals surface area (Å²) in [5.41, 5.74) is 0. The Hall–Kier alpha value is 0.0300. The SMILES string of the molecule is C[N+](C)(C)CCCOP(=O)(O)OCCC[N+](C)(C)C. The van der Waals surface area contributed by atoms with Crippen LogP contribution in [0.3, 0.4) is 0 Å². The molecule has 7 heteroatoms. The first kappa shape index (κ1) is 19.0. The van der Waals surface area contributed by atoms with Crippen molar-refractivity contribution in [1.82, 2.24) is 0 Å². The third-order valence-corrected chi connectivity index (χ3v) is 3.47. The topological polar surface area (TPSA) is 55.8 Å². The molecule has 19 heavy (non-hydrogen) atoms. The van der Waals surface area contributed by atoms with Crippen molar-refractivity contribution in [2.75, 3.05) is 68.6 Å². The van der Waals surface area contributed by atoms with Gasteiger partial charge in [-0.1, -0.05) is 0 Å². The maximum Gasteiger partial charge on any atom is 0.472 e. The Balaban J connectivity index is 3.72. The van der Waals surface area contributed by atoms with Gasteiger partial charge in [-0.05, 0) is 0 Å². The molecule has 0 spiro atoms. The van der Waals surface area contributed by atoms with E-state index in [4.69, 9.17) is 9.05 Å². The maximum atomic E-state index is 11.6. The molecule has 116 valence electrons. The van der Waals surface area contributed by atoms with Crippen LogP contribution in [-0.2, 0) is 13.6 Å². The van der Waals surface area contributed by atoms with Crippen LogP contribution in [0.4, 0.5) is 0 Å². The third kappa shape index (κ3) is 14.3. The molecule has 0 rings (SSSR count). The van der Waals surface area contributed by atoms with Gasteiger partial charge in [0.15, 0.2) is 0 Å². The molecule has 6 nitrogen and oxygen atoms in total. The van der Waals surface area contributed by atoms with Crippen molar-refractivity contribution in [2.24, 2.45) is 0 Å². The Kier molecular flexibility index (Phi) is 7.73. The lowest BCUT2D eigenvalue weighted by molar-refractivity contribution is -0.870. The monoisotopic (exact) mass is 298 g/mol. The average molecular weight is 298 g/mol. The second-order valence-corrected chi connectivity index (χ2v) is 8.32. The standard InChI is InChI=1S/C12H30N2O4P/c1-13(2,3)9-7-11-17-19(15,16)18-12-8-10-14(4,5)6/h7-12H2,1-6H3/q+1/p+1. The molecule has 0 amide bonds. The summed E-state index contributed by atoms with van der Waals surface area (Å²) >= 11 is 0. The first-order valence-corrected chi connectivity index (χ1v) is 8.14. The van der Waals surface area contributed by atoms with Crippen molar-refractivity contribution in [3.63, 3.8) is 0 Å². The van der Waals surface area contributed by atoms with Gasteiger partial charge in [0.1, 0.15) is 0 Å². The van der Waals surface area contributed by atoms with Crippen LogP contribution in [-0.4, -0.2) is 82.4 Å². The minimum absolute atomic E-state index is 0.249. The molecule has 0 unspecified atom stereocenters. The molecule has 0 aliphatic carbocycles. The van der Waals surface area contributed by atoms with Crippen molar-refractivity contribution in [2.45, 2.75) is 12.8 Å². The number of phosphoric ester groups is 1. The minimum Gasteiger partial charge on any atom is -0.331 e. The van der Waals surface area contributed by atoms with Crippen LogP contribution in [0, 0.1) is 0 Å². The zero-order valence-electron chi connectivity index (χ0n) is 13.3. The fourth-order valence-corrected chi connectivity index (χ4v) is 2.27. The normalized spacial score (nSPS) is 13.8. The summed E-state index contributed by atoms with van der Waals surface area (Å²) in [5, 5.41) is 0. The summed E-state index contributed by atoms with van der Waals surface area (Å²) in [7, 11) is 8.54. The maximum absolute atomic E-state index is 11.6. The fourth-order valence-electron chi connectivity index (χ4n) is 1.47. The van der Waals surface area contributed by atoms with E-state index in [1.807, 2.05) is 0 Å². The summed E-state index contributed by atoms with van der Waals surface area (Å²) in [6.07, 6.45) is 1.46. The number of quaternary nitrogens is 2. The molecule has 0 bridgehead atoms. The van der Waals surface area contributed by atoms with Gasteiger partial charge in [-0.25, -0.2) is 4.57 Å². The molecule has 0 aromatic heterocycles. The number of nitrogens with zero attached hydrogens (tertiary/aromatic N) is 2. The highest BCUT2D eigenvalue weighted by molar-refractivity contribution is 7.47. The van der Waals surface area contributed by atoms with Crippen LogP contribution in [0.15, 0.2) is 0 Å². The summed E-state index contributed by atoms with van der Waals surface area (Å²) in [6.45, 7) is 2.28. The lowest BCUT2D eigenvalue weighted by Gasteiger charge is -2.24. The Bertz CT molecular complexity index is 271. The van der Waals surface area contributed by atoms with E-state index in [1.54, 1.807) is 0 Å². The predicted octanol–water partition coefficient (Wildman–Crippen LogP) is 1.31. The van der Waals surface area contributed by atoms with Crippen LogP contribution in [0.1, 0.15) is 12.8 Å². The van der Waals surface area contributed by atoms with Gasteiger partial charge in [-0.15, -0.1) is 0 Å². The summed E-state index contributed by atoms with van der Waals surface area (Å²) < 4.78 is 23.0. The van der Waals surface area contributed by atoms with E-state index < -0.39 is 7.82 Å². The first-order chi connectivity index (χ1) is 8.41. The van der Waals surface area contributed by atoms with Crippen LogP contribution >= 0.6 is 7.82 Å². The zero-order valence-corrected chi connectivity index (χ0v) is 14.2. The summed E-state index contributed by atoms with van der Waals surface area (Å²) in [5.74, 6) is 0. The van der Waals surface area contributed by atoms with E-state index in [1.165, 1.54) is 0 Å². The van der Waals surface area contributed by atoms with Gasteiger partial charge in [-0.2, -0.15) is 0 Å². The van der Waals surface area contributed by atoms with Crippen molar-refractivity contribution in [3.8, 4) is 0 Å². The van der Waals surface area contributed by atoms with E-state index in [-0.39, 0.29) is 13.2 Å². The van der Waals surface area contributed by atoms with E-state index >= 15 is 0 Å². The molecule has 0 aliphatic heterocycles. The molecule has 0 fully saturated rings. The molecule has 0 aromatic rings. The van der Waals surface area contributed by atoms with Gasteiger partial charge in [0.2, 0.25) is 0 Å². The molecule has 1 N–H and O–H groups in total. The smallest absolute Gasteiger partial charge is 0.331 e. The molecule has 0 saturated carbocycles. The molecule has 0 aromatic carbocycles. The molecule has 0 heterocycles. The molecule has 0 saturated heterocycles. The quantitative estimate of drug-likeness (QED) is 0.375. The van der Waals surface area contributed by atoms with Crippen molar-refractivity contribution in [1.29, 1.82) is 0 Å². The van der Waals surface area contributed by atoms with E-state index in [2.05, 4.69) is 42.3 Å². The Morgan fingerprint density at radius 2 is 1.16 bits per heavy atom. The van der Waals surface area contributed by atoms with Gasteiger partial charge < -0.3 is 13.9 Å². The zero-order chi connectivity index (χ0) is 15.2. The third-order valence-electron chi connectivity index (χ3n) is 2.46. The van der Waals surface area contributed by atoms with Gasteiger partial charge in [0.25, 0.3) is 0 Å². The molecular weight excluding hydrogens is 267 g/mol. The Morgan fingerprint density at radius 1 is 0.842 bits per heavy atom. The van der Waals surface area contributed by atoms with Crippen LogP contribution < -0.4 is 0 Å². The summed E-state index contributed by atoms with van der Waals surface area (Å²) in [6, 6.07) is 0. The van der Waals surface area contributed by atoms with Crippen molar-refractivity contribution < 1.29 is 27.5 Å². The number of hydrogen-bond acceptors (Lipinski definition) is 3. The molecule has 0 radical (unpaired) electrons. The highest BCUT2D eigenvalue weighted by Crippen LogP contribution is 2.43. The fraction of sp³-hybridized carbons (Fsp3) is 1.00. The number of hydrogen-bond donors (Lipinski definition) is 1. The number of phosphoric acid groups is 1. The van der Waals surface area contributed by atoms with Crippen molar-refractivity contribution >= 4 is 7.82 Å². The van der Waals surface area contributed by atoms with E-state index in [0.29, 0.717) is 0 Å². The van der Waals surface area contributed by atoms with Crippen molar-refractivity contribution in [3.05, 3.63) is 0 Å². The second kappa shape index (κ2) is 7.72. The predicted molar refractivity (Wildman–Crippen MR) is 76.8 cm³/mol. The average Bonchev–Trinajstić information content (AvgIpc) is 2.17. The Labute approximate surface area is 117 Å². The second-order valence-electron chi connectivity index (χ2n) is 6.87. The van der Waals surface area contributed by atoms with Gasteiger partial charge >= 0.3 is 7.82 Å². The largest absolute Gasteiger partial charge is 0.472 e. The van der Waals surface area contributed by atoms with Gasteiger partial charge in [0, 0.05) is 12.8 Å². The minimum atomic E-state index is -3.87. The Morgan fingerprint density at radius 3 is 1.42 bits per heavy atom. The highest BCUT2D eigenvalue weighted by atomic mass is 31.2. The highest BCUT2D eigenvalue weighted by Gasteiger charge is 2.21. The molecular formula is C12H31N2O4P+2. The van der Waals surface area contributed by atoms with Gasteiger partial charge in [0.05, 0.1) is 68.6 Å². The van der Waals surface area contributed by atoms with E-state index in [9.17, 15) is 9.46 Å². The van der Waals surface area contributed by atoms with Crippen LogP contribution in [0.2, 0.25) is 0 Å². The van der Waals surface area contributed by atoms with Crippen LogP contribution in [0.5, 0.6) is 0 Å². The van der Waals surface area contributed by atoms with Crippen LogP contribution in [0.25, 0.3) is 0 Å². The molecule has 0 aliphatic rings. The van der Waals surface area contributed by atoms with Gasteiger partial charge in [-0.3, -0.25) is 9.05 Å². The lowest BCUT2D eigenvalue weighted by atomic mass is 10.4. The first-order valence-electron chi connectivity index (χ1n) is 6.64. The van der Waals surface area contributed by atoms with E-state index in [0.717, 1.165) is 34.9 Å². The summed E-state index contributed by atoms with van der Waals surface area (Å²) in [4.78, 5) is 9.47. The number of rotatable bonds is 10.